The van der Waals surface area contributed by atoms with E-state index in [1.807, 2.05) is 0 Å². The number of pyridine rings is 1. The summed E-state index contributed by atoms with van der Waals surface area (Å²) in [5, 5.41) is 4.25. The van der Waals surface area contributed by atoms with E-state index >= 15 is 0 Å². The second-order valence-corrected chi connectivity index (χ2v) is 8.76. The normalized spacial score (nSPS) is 38.8. The molecular weight excluding hydrogens is 466 g/mol. The largest absolute Gasteiger partial charge is 0.458 e. The van der Waals surface area contributed by atoms with E-state index in [1.54, 1.807) is 19.9 Å². The van der Waals surface area contributed by atoms with Gasteiger partial charge in [-0.25, -0.2) is 9.50 Å². The maximum Gasteiger partial charge on any atom is 0.317 e. The lowest BCUT2D eigenvalue weighted by Crippen LogP contribution is -2.52. The van der Waals surface area contributed by atoms with Crippen LogP contribution in [-0.2, 0) is 39.9 Å². The fourth-order valence-electron chi connectivity index (χ4n) is 4.42. The van der Waals surface area contributed by atoms with E-state index in [-0.39, 0.29) is 11.6 Å². The molecule has 1 aliphatic heterocycles. The molecule has 0 amide bonds. The summed E-state index contributed by atoms with van der Waals surface area (Å²) in [6.45, 7) is -3.91. The standard InChI is InChI=1S/C29H37N5O3/c1-5-22-14-20(15-23(6-2)31-22)11-12-29(21-9-7-8-10-21)17-25(35)24(27(36)37-29)16-26-32-28-30-18(3)13-19(4)34(28)33-26/h13-15,21,24H,5-12,16-17H2,1-4H3/t24?,29-/m1/s1/i1D3,2D3,5D2,6D2,7D2,8D2,9D2,10D2,14D,15D,21D. The summed E-state index contributed by atoms with van der Waals surface area (Å²) >= 11 is 0. The minimum atomic E-state index is -3.97. The summed E-state index contributed by atoms with van der Waals surface area (Å²) in [7, 11) is 0. The first-order valence-electron chi connectivity index (χ1n) is 21.9. The Morgan fingerprint density at radius 3 is 2.59 bits per heavy atom. The van der Waals surface area contributed by atoms with Crippen LogP contribution in [-0.4, -0.2) is 41.9 Å². The molecule has 0 bridgehead atoms. The Bertz CT molecular complexity index is 2100. The van der Waals surface area contributed by atoms with Gasteiger partial charge in [-0.3, -0.25) is 14.6 Å². The maximum absolute atomic E-state index is 14.1. The van der Waals surface area contributed by atoms with Crippen molar-refractivity contribution in [1.82, 2.24) is 24.6 Å². The SMILES string of the molecule is [2H]c1c(C([2H])([2H])C([2H])([2H])[2H])nc(C([2H])([2H])C([2H])([2H])[2H])c([2H])c1CC[C@]1(C2([2H])C([2H])([2H])C([2H])([2H])C([2H])([2H])C2([2H])[2H])CC(=O)C(Cc2nc3nc(C)cc(C)n3n2)C(=O)O1. The number of hydrogen-bond acceptors (Lipinski definition) is 7. The molecule has 1 unspecified atom stereocenters. The van der Waals surface area contributed by atoms with Crippen molar-refractivity contribution in [2.75, 3.05) is 0 Å². The lowest BCUT2D eigenvalue weighted by Gasteiger charge is -2.43. The number of ether oxygens (including phenoxy) is 1. The van der Waals surface area contributed by atoms with Crippen molar-refractivity contribution >= 4 is 17.5 Å². The molecule has 1 saturated carbocycles. The summed E-state index contributed by atoms with van der Waals surface area (Å²) in [4.78, 5) is 40.1. The number of fused-ring (bicyclic) bond motifs is 1. The highest BCUT2D eigenvalue weighted by Crippen LogP contribution is 2.45. The average Bonchev–Trinajstić information content (AvgIpc) is 3.48. The first kappa shape index (κ1) is 10.5. The lowest BCUT2D eigenvalue weighted by molar-refractivity contribution is -0.185. The quantitative estimate of drug-likeness (QED) is 0.316. The highest BCUT2D eigenvalue weighted by atomic mass is 16.6. The molecule has 1 saturated heterocycles. The fraction of sp³-hybridized carbons (Fsp3) is 0.586. The van der Waals surface area contributed by atoms with Gasteiger partial charge in [-0.2, -0.15) is 4.98 Å². The minimum absolute atomic E-state index is 0.0969. The van der Waals surface area contributed by atoms with Gasteiger partial charge in [0.05, 0.1) is 2.74 Å². The van der Waals surface area contributed by atoms with Gasteiger partial charge in [0, 0.05) is 61.7 Å². The number of carbonyl (C=O) groups is 2. The first-order valence-corrected chi connectivity index (χ1v) is 11.4. The van der Waals surface area contributed by atoms with Gasteiger partial charge in [-0.05, 0) is 81.8 Å². The molecule has 196 valence electrons. The molecule has 1 aliphatic carbocycles. The number of nitrogens with zero attached hydrogens (tertiary/aromatic N) is 5. The van der Waals surface area contributed by atoms with Gasteiger partial charge < -0.3 is 4.74 Å². The Hall–Kier alpha value is -3.16. The molecular formula is C29H37N5O3. The summed E-state index contributed by atoms with van der Waals surface area (Å²) in [6.07, 6.45) is -27.2. The van der Waals surface area contributed by atoms with Gasteiger partial charge in [0.25, 0.3) is 5.78 Å². The van der Waals surface area contributed by atoms with Gasteiger partial charge in [0.2, 0.25) is 0 Å². The van der Waals surface area contributed by atoms with Crippen molar-refractivity contribution in [2.24, 2.45) is 11.8 Å². The maximum atomic E-state index is 14.1. The van der Waals surface area contributed by atoms with E-state index in [4.69, 9.17) is 32.2 Å². The van der Waals surface area contributed by atoms with Gasteiger partial charge >= 0.3 is 5.97 Å². The van der Waals surface area contributed by atoms with Crippen molar-refractivity contribution < 1.29 is 43.1 Å². The van der Waals surface area contributed by atoms with Crippen LogP contribution in [0.1, 0.15) is 115 Å². The molecule has 5 rings (SSSR count). The zero-order valence-electron chi connectivity index (χ0n) is 40.9. The number of hydrogen-bond donors (Lipinski definition) is 0. The number of cyclic esters (lactones) is 1. The van der Waals surface area contributed by atoms with Crippen LogP contribution in [0.5, 0.6) is 0 Å². The van der Waals surface area contributed by atoms with E-state index in [1.165, 1.54) is 4.52 Å². The predicted molar refractivity (Wildman–Crippen MR) is 139 cm³/mol. The second-order valence-electron chi connectivity index (χ2n) is 8.76. The zero-order valence-corrected chi connectivity index (χ0v) is 19.9. The van der Waals surface area contributed by atoms with Gasteiger partial charge in [0.1, 0.15) is 11.5 Å². The molecule has 37 heavy (non-hydrogen) atoms. The molecule has 8 nitrogen and oxygen atoms in total. The van der Waals surface area contributed by atoms with E-state index in [2.05, 4.69) is 20.1 Å². The lowest BCUT2D eigenvalue weighted by atomic mass is 9.73. The summed E-state index contributed by atoms with van der Waals surface area (Å²) < 4.78 is 182. The molecule has 4 heterocycles. The van der Waals surface area contributed by atoms with Gasteiger partial charge in [-0.15, -0.1) is 5.10 Å². The van der Waals surface area contributed by atoms with Crippen LogP contribution in [0.3, 0.4) is 0 Å². The zero-order chi connectivity index (χ0) is 44.6. The van der Waals surface area contributed by atoms with E-state index in [9.17, 15) is 11.0 Å². The van der Waals surface area contributed by atoms with Gasteiger partial charge in [0.15, 0.2) is 11.6 Å². The van der Waals surface area contributed by atoms with Crippen molar-refractivity contribution in [1.29, 1.82) is 0 Å². The van der Waals surface area contributed by atoms with Crippen molar-refractivity contribution in [3.05, 3.63) is 52.3 Å². The fourth-order valence-corrected chi connectivity index (χ4v) is 4.42. The average molecular weight is 525 g/mol. The topological polar surface area (TPSA) is 99.3 Å². The molecule has 2 atom stereocenters. The Kier molecular flexibility index (Phi) is 2.94. The van der Waals surface area contributed by atoms with Crippen molar-refractivity contribution in [3.8, 4) is 0 Å². The highest BCUT2D eigenvalue weighted by Gasteiger charge is 2.51. The van der Waals surface area contributed by atoms with Crippen molar-refractivity contribution in [2.45, 2.75) is 97.1 Å². The summed E-state index contributed by atoms with van der Waals surface area (Å²) in [6, 6.07) is -0.782. The molecule has 0 radical (unpaired) electrons. The third-order valence-corrected chi connectivity index (χ3v) is 6.15. The number of Topliss-reactive ketones (excluding diaryl/α,β-unsaturated/α-hetero) is 1. The molecule has 3 aromatic heterocycles. The monoisotopic (exact) mass is 524 g/mol. The van der Waals surface area contributed by atoms with Crippen LogP contribution in [0.4, 0.5) is 0 Å². The third-order valence-electron chi connectivity index (χ3n) is 6.15. The first-order chi connectivity index (χ1) is 25.9. The number of aromatic nitrogens is 5. The Labute approximate surface area is 247 Å². The summed E-state index contributed by atoms with van der Waals surface area (Å²) in [5.41, 5.74) is -5.75. The van der Waals surface area contributed by atoms with Crippen LogP contribution < -0.4 is 0 Å². The third kappa shape index (κ3) is 5.15. The van der Waals surface area contributed by atoms with Crippen LogP contribution in [0, 0.1) is 25.7 Å². The second kappa shape index (κ2) is 10.3. The number of carbonyl (C=O) groups excluding carboxylic acids is 2. The molecule has 0 N–H and O–H groups in total. The Morgan fingerprint density at radius 1 is 1.19 bits per heavy atom. The van der Waals surface area contributed by atoms with Gasteiger partial charge in [-0.1, -0.05) is 26.4 Å². The molecule has 8 heteroatoms. The molecule has 0 aromatic carbocycles. The van der Waals surface area contributed by atoms with Crippen LogP contribution in [0.15, 0.2) is 18.2 Å². The highest BCUT2D eigenvalue weighted by molar-refractivity contribution is 6.01. The van der Waals surface area contributed by atoms with E-state index in [0.29, 0.717) is 11.4 Å². The molecule has 2 fully saturated rings. The molecule has 2 aliphatic rings. The number of aryl methyl sites for hydroxylation is 4. The number of ketones is 1. The van der Waals surface area contributed by atoms with Crippen LogP contribution >= 0.6 is 0 Å². The summed E-state index contributed by atoms with van der Waals surface area (Å²) in [5.74, 6) is -8.41. The Morgan fingerprint density at radius 2 is 1.92 bits per heavy atom. The molecule has 0 spiro atoms. The number of rotatable bonds is 8. The Balaban J connectivity index is 1.72. The van der Waals surface area contributed by atoms with E-state index < -0.39 is 136 Å². The predicted octanol–water partition coefficient (Wildman–Crippen LogP) is 4.50. The van der Waals surface area contributed by atoms with E-state index in [0.717, 1.165) is 0 Å². The van der Waals surface area contributed by atoms with Crippen LogP contribution in [0.25, 0.3) is 5.78 Å². The van der Waals surface area contributed by atoms with Crippen LogP contribution in [0.2, 0.25) is 0 Å². The molecule has 3 aromatic rings. The number of esters is 1. The minimum Gasteiger partial charge on any atom is -0.458 e. The van der Waals surface area contributed by atoms with Crippen molar-refractivity contribution in [3.63, 3.8) is 0 Å². The smallest absolute Gasteiger partial charge is 0.317 e.